The van der Waals surface area contributed by atoms with Gasteiger partial charge in [-0.1, -0.05) is 103 Å². The number of hydrogen-bond donors (Lipinski definition) is 1. The summed E-state index contributed by atoms with van der Waals surface area (Å²) >= 11 is 0. The molecule has 38 heavy (non-hydrogen) atoms. The van der Waals surface area contributed by atoms with Crippen molar-refractivity contribution in [3.63, 3.8) is 0 Å². The van der Waals surface area contributed by atoms with Crippen molar-refractivity contribution < 1.29 is 0 Å². The molecule has 0 amide bonds. The minimum absolute atomic E-state index is 1.16. The van der Waals surface area contributed by atoms with Crippen molar-refractivity contribution in [3.05, 3.63) is 140 Å². The van der Waals surface area contributed by atoms with Crippen LogP contribution in [0.2, 0.25) is 0 Å². The third-order valence-electron chi connectivity index (χ3n) is 7.75. The first kappa shape index (κ1) is 21.0. The quantitative estimate of drug-likeness (QED) is 0.258. The largest absolute Gasteiger partial charge is 0.354 e. The standard InChI is InChI=1S/C36H24N2/c1-2-8-24(9-3-1)25-14-16-26(17-15-25)27-18-20-28(21-19-27)38-35-13-7-5-11-30(35)32-22-31-29-10-4-6-12-33(29)37-34(31)23-36(32)38/h1-23,37H. The normalized spacial score (nSPS) is 11.7. The molecule has 0 atom stereocenters. The second-order valence-corrected chi connectivity index (χ2v) is 9.93. The van der Waals surface area contributed by atoms with E-state index in [1.165, 1.54) is 60.3 Å². The molecule has 8 rings (SSSR count). The topological polar surface area (TPSA) is 20.7 Å². The average Bonchev–Trinajstić information content (AvgIpc) is 3.51. The Morgan fingerprint density at radius 3 is 1.68 bits per heavy atom. The van der Waals surface area contributed by atoms with E-state index in [4.69, 9.17) is 0 Å². The Balaban J connectivity index is 1.25. The Hall–Kier alpha value is -5.08. The van der Waals surface area contributed by atoms with E-state index in [0.29, 0.717) is 0 Å². The van der Waals surface area contributed by atoms with Gasteiger partial charge in [0.25, 0.3) is 0 Å². The molecule has 0 saturated heterocycles. The van der Waals surface area contributed by atoms with E-state index in [9.17, 15) is 0 Å². The molecule has 0 saturated carbocycles. The zero-order valence-corrected chi connectivity index (χ0v) is 20.7. The molecule has 6 aromatic carbocycles. The van der Waals surface area contributed by atoms with Gasteiger partial charge < -0.3 is 9.55 Å². The summed E-state index contributed by atoms with van der Waals surface area (Å²) in [5.41, 5.74) is 10.8. The maximum absolute atomic E-state index is 3.63. The molecule has 2 aromatic heterocycles. The number of nitrogens with one attached hydrogen (secondary N) is 1. The van der Waals surface area contributed by atoms with Crippen LogP contribution in [0.1, 0.15) is 0 Å². The summed E-state index contributed by atoms with van der Waals surface area (Å²) in [4.78, 5) is 3.63. The molecule has 1 N–H and O–H groups in total. The van der Waals surface area contributed by atoms with E-state index in [1.54, 1.807) is 0 Å². The molecule has 0 aliphatic heterocycles. The van der Waals surface area contributed by atoms with Gasteiger partial charge >= 0.3 is 0 Å². The molecule has 2 heteroatoms. The van der Waals surface area contributed by atoms with E-state index >= 15 is 0 Å². The van der Waals surface area contributed by atoms with E-state index in [-0.39, 0.29) is 0 Å². The molecule has 8 aromatic rings. The van der Waals surface area contributed by atoms with Gasteiger partial charge in [0.05, 0.1) is 11.0 Å². The van der Waals surface area contributed by atoms with Gasteiger partial charge in [-0.3, -0.25) is 0 Å². The lowest BCUT2D eigenvalue weighted by molar-refractivity contribution is 1.18. The van der Waals surface area contributed by atoms with Gasteiger partial charge in [0, 0.05) is 38.3 Å². The molecule has 0 aliphatic rings. The van der Waals surface area contributed by atoms with Gasteiger partial charge in [-0.05, 0) is 58.7 Å². The van der Waals surface area contributed by atoms with Crippen LogP contribution in [0.4, 0.5) is 0 Å². The Morgan fingerprint density at radius 1 is 0.368 bits per heavy atom. The van der Waals surface area contributed by atoms with Crippen LogP contribution in [0.15, 0.2) is 140 Å². The van der Waals surface area contributed by atoms with E-state index in [0.717, 1.165) is 11.2 Å². The lowest BCUT2D eigenvalue weighted by atomic mass is 10.0. The lowest BCUT2D eigenvalue weighted by Gasteiger charge is -2.10. The molecule has 0 aliphatic carbocycles. The van der Waals surface area contributed by atoms with Crippen molar-refractivity contribution in [2.45, 2.75) is 0 Å². The number of benzene rings is 6. The van der Waals surface area contributed by atoms with Crippen LogP contribution >= 0.6 is 0 Å². The predicted molar refractivity (Wildman–Crippen MR) is 161 cm³/mol. The molecule has 0 bridgehead atoms. The highest BCUT2D eigenvalue weighted by Crippen LogP contribution is 2.37. The first-order chi connectivity index (χ1) is 18.8. The van der Waals surface area contributed by atoms with Crippen molar-refractivity contribution in [2.24, 2.45) is 0 Å². The SMILES string of the molecule is c1ccc(-c2ccc(-c3ccc(-n4c5ccccc5c5cc6c(cc54)[nH]c4ccccc46)cc3)cc2)cc1. The van der Waals surface area contributed by atoms with Crippen LogP contribution < -0.4 is 0 Å². The number of aromatic amines is 1. The Morgan fingerprint density at radius 2 is 0.947 bits per heavy atom. The number of hydrogen-bond acceptors (Lipinski definition) is 0. The monoisotopic (exact) mass is 484 g/mol. The lowest BCUT2D eigenvalue weighted by Crippen LogP contribution is -1.93. The van der Waals surface area contributed by atoms with Crippen LogP contribution in [0.25, 0.3) is 71.6 Å². The van der Waals surface area contributed by atoms with Crippen molar-refractivity contribution in [3.8, 4) is 27.9 Å². The zero-order chi connectivity index (χ0) is 25.1. The number of nitrogens with zero attached hydrogens (tertiary/aromatic N) is 1. The fourth-order valence-corrected chi connectivity index (χ4v) is 5.88. The van der Waals surface area contributed by atoms with E-state index in [2.05, 4.69) is 149 Å². The van der Waals surface area contributed by atoms with E-state index in [1.807, 2.05) is 0 Å². The fraction of sp³-hybridized carbons (Fsp3) is 0. The highest BCUT2D eigenvalue weighted by molar-refractivity contribution is 6.18. The summed E-state index contributed by atoms with van der Waals surface area (Å²) in [7, 11) is 0. The first-order valence-electron chi connectivity index (χ1n) is 13.0. The number of aromatic nitrogens is 2. The van der Waals surface area contributed by atoms with Crippen molar-refractivity contribution in [1.29, 1.82) is 0 Å². The molecule has 0 fully saturated rings. The number of rotatable bonds is 3. The number of para-hydroxylation sites is 2. The van der Waals surface area contributed by atoms with Gasteiger partial charge in [-0.25, -0.2) is 0 Å². The van der Waals surface area contributed by atoms with Crippen LogP contribution in [0.3, 0.4) is 0 Å². The Bertz CT molecular complexity index is 2090. The smallest absolute Gasteiger partial charge is 0.0562 e. The van der Waals surface area contributed by atoms with Crippen LogP contribution in [0.5, 0.6) is 0 Å². The second-order valence-electron chi connectivity index (χ2n) is 9.93. The van der Waals surface area contributed by atoms with Crippen molar-refractivity contribution in [2.75, 3.05) is 0 Å². The van der Waals surface area contributed by atoms with Gasteiger partial charge in [-0.2, -0.15) is 0 Å². The maximum Gasteiger partial charge on any atom is 0.0562 e. The van der Waals surface area contributed by atoms with Gasteiger partial charge in [0.2, 0.25) is 0 Å². The van der Waals surface area contributed by atoms with Gasteiger partial charge in [0.15, 0.2) is 0 Å². The highest BCUT2D eigenvalue weighted by atomic mass is 15.0. The molecule has 0 radical (unpaired) electrons. The summed E-state index contributed by atoms with van der Waals surface area (Å²) in [6, 6.07) is 50.2. The molecular formula is C36H24N2. The van der Waals surface area contributed by atoms with Crippen molar-refractivity contribution in [1.82, 2.24) is 9.55 Å². The first-order valence-corrected chi connectivity index (χ1v) is 13.0. The third-order valence-corrected chi connectivity index (χ3v) is 7.75. The number of H-pyrrole nitrogens is 1. The third kappa shape index (κ3) is 3.21. The van der Waals surface area contributed by atoms with Gasteiger partial charge in [-0.15, -0.1) is 0 Å². The fourth-order valence-electron chi connectivity index (χ4n) is 5.88. The summed E-state index contributed by atoms with van der Waals surface area (Å²) in [6.07, 6.45) is 0. The van der Waals surface area contributed by atoms with Crippen molar-refractivity contribution >= 4 is 43.6 Å². The number of fused-ring (bicyclic) bond motifs is 6. The van der Waals surface area contributed by atoms with Crippen LogP contribution in [0, 0.1) is 0 Å². The summed E-state index contributed by atoms with van der Waals surface area (Å²) in [5, 5.41) is 5.09. The summed E-state index contributed by atoms with van der Waals surface area (Å²) in [6.45, 7) is 0. The molecule has 0 spiro atoms. The summed E-state index contributed by atoms with van der Waals surface area (Å²) in [5.74, 6) is 0. The molecule has 0 unspecified atom stereocenters. The molecule has 178 valence electrons. The Kier molecular flexibility index (Phi) is 4.55. The minimum Gasteiger partial charge on any atom is -0.354 e. The average molecular weight is 485 g/mol. The van der Waals surface area contributed by atoms with Crippen LogP contribution in [-0.4, -0.2) is 9.55 Å². The predicted octanol–water partition coefficient (Wildman–Crippen LogP) is 9.75. The van der Waals surface area contributed by atoms with Gasteiger partial charge in [0.1, 0.15) is 0 Å². The Labute approximate surface area is 220 Å². The van der Waals surface area contributed by atoms with Crippen LogP contribution in [-0.2, 0) is 0 Å². The van der Waals surface area contributed by atoms with E-state index < -0.39 is 0 Å². The second kappa shape index (κ2) is 8.22. The summed E-state index contributed by atoms with van der Waals surface area (Å²) < 4.78 is 2.39. The molecule has 2 heterocycles. The maximum atomic E-state index is 3.63. The molecular weight excluding hydrogens is 460 g/mol. The molecule has 2 nitrogen and oxygen atoms in total. The highest BCUT2D eigenvalue weighted by Gasteiger charge is 2.15. The minimum atomic E-state index is 1.16. The zero-order valence-electron chi connectivity index (χ0n) is 20.7.